The molecule has 0 aliphatic heterocycles. The zero-order valence-electron chi connectivity index (χ0n) is 10.6. The van der Waals surface area contributed by atoms with Crippen LogP contribution in [0.3, 0.4) is 0 Å². The SMILES string of the molecule is CCOc1ccc(C(C)(C)CNCO)cc1Cl. The van der Waals surface area contributed by atoms with Crippen LogP contribution in [0.2, 0.25) is 5.02 Å². The van der Waals surface area contributed by atoms with Crippen LogP contribution < -0.4 is 10.1 Å². The Kier molecular flexibility index (Phi) is 5.25. The molecule has 1 aromatic rings. The lowest BCUT2D eigenvalue weighted by atomic mass is 9.84. The van der Waals surface area contributed by atoms with Crippen LogP contribution in [-0.4, -0.2) is 25.0 Å². The Morgan fingerprint density at radius 3 is 2.65 bits per heavy atom. The first-order valence-corrected chi connectivity index (χ1v) is 6.13. The molecule has 0 spiro atoms. The second-order valence-electron chi connectivity index (χ2n) is 4.55. The maximum atomic E-state index is 8.79. The molecule has 0 bridgehead atoms. The summed E-state index contributed by atoms with van der Waals surface area (Å²) >= 11 is 6.15. The standard InChI is InChI=1S/C13H20ClNO2/c1-4-17-12-6-5-10(7-11(12)14)13(2,3)8-15-9-16/h5-7,15-16H,4,8-9H2,1-3H3. The lowest BCUT2D eigenvalue weighted by Gasteiger charge is -2.26. The fourth-order valence-electron chi connectivity index (χ4n) is 1.66. The van der Waals surface area contributed by atoms with Crippen LogP contribution in [0, 0.1) is 0 Å². The zero-order valence-corrected chi connectivity index (χ0v) is 11.3. The van der Waals surface area contributed by atoms with Crippen molar-refractivity contribution in [1.29, 1.82) is 0 Å². The van der Waals surface area contributed by atoms with Crippen LogP contribution in [0.15, 0.2) is 18.2 Å². The summed E-state index contributed by atoms with van der Waals surface area (Å²) in [5.74, 6) is 0.712. The van der Waals surface area contributed by atoms with E-state index in [2.05, 4.69) is 19.2 Å². The summed E-state index contributed by atoms with van der Waals surface area (Å²) in [5, 5.41) is 12.3. The third-order valence-corrected chi connectivity index (χ3v) is 2.99. The van der Waals surface area contributed by atoms with Gasteiger partial charge in [-0.2, -0.15) is 0 Å². The van der Waals surface area contributed by atoms with E-state index in [0.717, 1.165) is 5.56 Å². The third kappa shape index (κ3) is 3.87. The summed E-state index contributed by atoms with van der Waals surface area (Å²) in [5.41, 5.74) is 1.03. The van der Waals surface area contributed by atoms with Crippen molar-refractivity contribution < 1.29 is 9.84 Å². The molecular weight excluding hydrogens is 238 g/mol. The van der Waals surface area contributed by atoms with Crippen molar-refractivity contribution >= 4 is 11.6 Å². The van der Waals surface area contributed by atoms with Crippen molar-refractivity contribution in [3.05, 3.63) is 28.8 Å². The minimum absolute atomic E-state index is 0.0197. The van der Waals surface area contributed by atoms with E-state index in [4.69, 9.17) is 21.4 Å². The van der Waals surface area contributed by atoms with Crippen LogP contribution in [0.5, 0.6) is 5.75 Å². The molecule has 0 atom stereocenters. The van der Waals surface area contributed by atoms with Crippen molar-refractivity contribution in [2.45, 2.75) is 26.2 Å². The highest BCUT2D eigenvalue weighted by Gasteiger charge is 2.21. The van der Waals surface area contributed by atoms with Gasteiger partial charge in [-0.3, -0.25) is 5.32 Å². The number of hydrogen-bond donors (Lipinski definition) is 2. The molecule has 0 unspecified atom stereocenters. The highest BCUT2D eigenvalue weighted by Crippen LogP contribution is 2.31. The number of aliphatic hydroxyl groups is 1. The number of nitrogens with one attached hydrogen (secondary N) is 1. The topological polar surface area (TPSA) is 41.5 Å². The van der Waals surface area contributed by atoms with Crippen molar-refractivity contribution in [3.8, 4) is 5.75 Å². The van der Waals surface area contributed by atoms with Gasteiger partial charge in [0.2, 0.25) is 0 Å². The number of hydrogen-bond acceptors (Lipinski definition) is 3. The Balaban J connectivity index is 2.88. The van der Waals surface area contributed by atoms with Gasteiger partial charge in [-0.15, -0.1) is 0 Å². The van der Waals surface area contributed by atoms with E-state index < -0.39 is 0 Å². The molecule has 1 rings (SSSR count). The van der Waals surface area contributed by atoms with E-state index in [0.29, 0.717) is 23.9 Å². The maximum Gasteiger partial charge on any atom is 0.137 e. The first kappa shape index (κ1) is 14.3. The molecule has 0 aliphatic carbocycles. The second kappa shape index (κ2) is 6.24. The van der Waals surface area contributed by atoms with Crippen LogP contribution >= 0.6 is 11.6 Å². The van der Waals surface area contributed by atoms with Gasteiger partial charge in [0.25, 0.3) is 0 Å². The first-order valence-electron chi connectivity index (χ1n) is 5.75. The average molecular weight is 258 g/mol. The maximum absolute atomic E-state index is 8.79. The summed E-state index contributed by atoms with van der Waals surface area (Å²) in [6.07, 6.45) is 0. The van der Waals surface area contributed by atoms with Crippen molar-refractivity contribution in [2.75, 3.05) is 19.9 Å². The minimum atomic E-state index is -0.0862. The largest absolute Gasteiger partial charge is 0.492 e. The lowest BCUT2D eigenvalue weighted by Crippen LogP contribution is -2.33. The van der Waals surface area contributed by atoms with E-state index in [9.17, 15) is 0 Å². The first-order chi connectivity index (χ1) is 8.01. The summed E-state index contributed by atoms with van der Waals surface area (Å²) in [6, 6.07) is 5.82. The van der Waals surface area contributed by atoms with E-state index in [1.165, 1.54) is 0 Å². The van der Waals surface area contributed by atoms with E-state index in [1.807, 2.05) is 25.1 Å². The van der Waals surface area contributed by atoms with Gasteiger partial charge in [-0.1, -0.05) is 31.5 Å². The third-order valence-electron chi connectivity index (χ3n) is 2.69. The van der Waals surface area contributed by atoms with Crippen molar-refractivity contribution in [3.63, 3.8) is 0 Å². The van der Waals surface area contributed by atoms with Gasteiger partial charge in [-0.25, -0.2) is 0 Å². The van der Waals surface area contributed by atoms with E-state index >= 15 is 0 Å². The lowest BCUT2D eigenvalue weighted by molar-refractivity contribution is 0.247. The number of halogens is 1. The smallest absolute Gasteiger partial charge is 0.137 e. The molecule has 0 fully saturated rings. The Bertz CT molecular complexity index is 366. The molecule has 1 aromatic carbocycles. The molecular formula is C13H20ClNO2. The molecule has 96 valence electrons. The monoisotopic (exact) mass is 257 g/mol. The molecule has 0 saturated heterocycles. The molecule has 0 aromatic heterocycles. The average Bonchev–Trinajstić information content (AvgIpc) is 2.29. The molecule has 0 aliphatic rings. The molecule has 0 amide bonds. The molecule has 0 saturated carbocycles. The van der Waals surface area contributed by atoms with Gasteiger partial charge in [0.05, 0.1) is 18.4 Å². The van der Waals surface area contributed by atoms with E-state index in [-0.39, 0.29) is 12.1 Å². The normalized spacial score (nSPS) is 11.6. The highest BCUT2D eigenvalue weighted by molar-refractivity contribution is 6.32. The van der Waals surface area contributed by atoms with Crippen molar-refractivity contribution in [2.24, 2.45) is 0 Å². The highest BCUT2D eigenvalue weighted by atomic mass is 35.5. The molecule has 4 heteroatoms. The van der Waals surface area contributed by atoms with Crippen LogP contribution in [-0.2, 0) is 5.41 Å². The van der Waals surface area contributed by atoms with Gasteiger partial charge in [0.1, 0.15) is 5.75 Å². The van der Waals surface area contributed by atoms with Gasteiger partial charge >= 0.3 is 0 Å². The fraction of sp³-hybridized carbons (Fsp3) is 0.538. The van der Waals surface area contributed by atoms with Crippen LogP contribution in [0.25, 0.3) is 0 Å². The van der Waals surface area contributed by atoms with Crippen LogP contribution in [0.4, 0.5) is 0 Å². The summed E-state index contributed by atoms with van der Waals surface area (Å²) < 4.78 is 5.40. The van der Waals surface area contributed by atoms with E-state index in [1.54, 1.807) is 0 Å². The quantitative estimate of drug-likeness (QED) is 0.770. The Morgan fingerprint density at radius 1 is 1.41 bits per heavy atom. The summed E-state index contributed by atoms with van der Waals surface area (Å²) in [7, 11) is 0. The zero-order chi connectivity index (χ0) is 12.9. The molecule has 3 nitrogen and oxygen atoms in total. The number of benzene rings is 1. The predicted octanol–water partition coefficient (Wildman–Crippen LogP) is 2.56. The molecule has 0 heterocycles. The second-order valence-corrected chi connectivity index (χ2v) is 4.95. The summed E-state index contributed by atoms with van der Waals surface area (Å²) in [4.78, 5) is 0. The predicted molar refractivity (Wildman–Crippen MR) is 70.7 cm³/mol. The minimum Gasteiger partial charge on any atom is -0.492 e. The van der Waals surface area contributed by atoms with Crippen LogP contribution in [0.1, 0.15) is 26.3 Å². The molecule has 17 heavy (non-hydrogen) atoms. The molecule has 2 N–H and O–H groups in total. The summed E-state index contributed by atoms with van der Waals surface area (Å²) in [6.45, 7) is 7.40. The van der Waals surface area contributed by atoms with Gasteiger partial charge in [0.15, 0.2) is 0 Å². The van der Waals surface area contributed by atoms with Gasteiger partial charge in [0, 0.05) is 12.0 Å². The number of aliphatic hydroxyl groups excluding tert-OH is 1. The Hall–Kier alpha value is -0.770. The number of rotatable bonds is 6. The molecule has 0 radical (unpaired) electrons. The fourth-order valence-corrected chi connectivity index (χ4v) is 1.90. The van der Waals surface area contributed by atoms with Crippen molar-refractivity contribution in [1.82, 2.24) is 5.32 Å². The Morgan fingerprint density at radius 2 is 2.12 bits per heavy atom. The van der Waals surface area contributed by atoms with Gasteiger partial charge in [-0.05, 0) is 24.6 Å². The Labute approximate surface area is 108 Å². The number of ether oxygens (including phenoxy) is 1. The van der Waals surface area contributed by atoms with Gasteiger partial charge < -0.3 is 9.84 Å².